The van der Waals surface area contributed by atoms with Crippen LogP contribution in [0.2, 0.25) is 0 Å². The first kappa shape index (κ1) is 20.7. The summed E-state index contributed by atoms with van der Waals surface area (Å²) in [4.78, 5) is 55.2. The van der Waals surface area contributed by atoms with Gasteiger partial charge in [0, 0.05) is 26.2 Å². The highest BCUT2D eigenvalue weighted by atomic mass is 19.1. The smallest absolute Gasteiger partial charge is 0.262 e. The zero-order chi connectivity index (χ0) is 22.1. The Bertz CT molecular complexity index is 1040. The van der Waals surface area contributed by atoms with E-state index in [1.54, 1.807) is 35.2 Å². The second-order valence-electron chi connectivity index (χ2n) is 7.65. The molecule has 2 heterocycles. The van der Waals surface area contributed by atoms with Crippen molar-refractivity contribution in [3.05, 3.63) is 71.0 Å². The van der Waals surface area contributed by atoms with Gasteiger partial charge in [-0.1, -0.05) is 24.3 Å². The zero-order valence-electron chi connectivity index (χ0n) is 17.1. The van der Waals surface area contributed by atoms with Gasteiger partial charge in [-0.15, -0.1) is 0 Å². The third-order valence-electron chi connectivity index (χ3n) is 5.77. The van der Waals surface area contributed by atoms with Gasteiger partial charge in [-0.05, 0) is 37.6 Å². The van der Waals surface area contributed by atoms with Crippen molar-refractivity contribution >= 4 is 23.6 Å². The summed E-state index contributed by atoms with van der Waals surface area (Å²) in [5.74, 6) is -2.31. The van der Waals surface area contributed by atoms with Crippen molar-refractivity contribution in [2.75, 3.05) is 26.2 Å². The maximum absolute atomic E-state index is 14.0. The van der Waals surface area contributed by atoms with E-state index in [9.17, 15) is 23.6 Å². The van der Waals surface area contributed by atoms with Crippen LogP contribution < -0.4 is 0 Å². The molecule has 31 heavy (non-hydrogen) atoms. The normalized spacial score (nSPS) is 17.4. The summed E-state index contributed by atoms with van der Waals surface area (Å²) >= 11 is 0. The molecular formula is C23H22FN3O4. The van der Waals surface area contributed by atoms with Crippen molar-refractivity contribution in [1.82, 2.24) is 14.7 Å². The number of benzene rings is 2. The van der Waals surface area contributed by atoms with E-state index in [4.69, 9.17) is 0 Å². The molecule has 0 aliphatic carbocycles. The standard InChI is InChI=1S/C23H22FN3O4/c1-15(27-22(30)16-7-2-3-8-17(16)23(27)31)20(28)25-11-6-12-26(14-13-25)21(29)18-9-4-5-10-19(18)24/h2-5,7-10,15H,6,11-14H2,1H3. The molecule has 1 unspecified atom stereocenters. The Balaban J connectivity index is 1.44. The highest BCUT2D eigenvalue weighted by Crippen LogP contribution is 2.25. The van der Waals surface area contributed by atoms with Crippen LogP contribution in [0.4, 0.5) is 4.39 Å². The summed E-state index contributed by atoms with van der Waals surface area (Å²) in [6.07, 6.45) is 0.515. The summed E-state index contributed by atoms with van der Waals surface area (Å²) in [6.45, 7) is 2.79. The fourth-order valence-electron chi connectivity index (χ4n) is 4.08. The van der Waals surface area contributed by atoms with Crippen LogP contribution in [0.5, 0.6) is 0 Å². The molecule has 1 saturated heterocycles. The molecule has 0 spiro atoms. The molecule has 8 heteroatoms. The van der Waals surface area contributed by atoms with Crippen LogP contribution in [0, 0.1) is 5.82 Å². The zero-order valence-corrected chi connectivity index (χ0v) is 17.1. The largest absolute Gasteiger partial charge is 0.339 e. The monoisotopic (exact) mass is 423 g/mol. The molecule has 7 nitrogen and oxygen atoms in total. The topological polar surface area (TPSA) is 78.0 Å². The number of hydrogen-bond donors (Lipinski definition) is 0. The molecule has 2 aromatic carbocycles. The van der Waals surface area contributed by atoms with Crippen molar-refractivity contribution in [2.45, 2.75) is 19.4 Å². The molecule has 0 bridgehead atoms. The number of carbonyl (C=O) groups excluding carboxylic acids is 4. The van der Waals surface area contributed by atoms with Gasteiger partial charge in [-0.2, -0.15) is 0 Å². The van der Waals surface area contributed by atoms with Crippen molar-refractivity contribution in [3.8, 4) is 0 Å². The van der Waals surface area contributed by atoms with Gasteiger partial charge in [0.05, 0.1) is 16.7 Å². The number of hydrogen-bond acceptors (Lipinski definition) is 4. The van der Waals surface area contributed by atoms with Gasteiger partial charge >= 0.3 is 0 Å². The van der Waals surface area contributed by atoms with Crippen molar-refractivity contribution in [2.24, 2.45) is 0 Å². The van der Waals surface area contributed by atoms with Gasteiger partial charge < -0.3 is 9.80 Å². The summed E-state index contributed by atoms with van der Waals surface area (Å²) in [5, 5.41) is 0. The molecule has 2 aliphatic heterocycles. The number of carbonyl (C=O) groups is 4. The van der Waals surface area contributed by atoms with Crippen LogP contribution >= 0.6 is 0 Å². The molecule has 2 aromatic rings. The van der Waals surface area contributed by atoms with Crippen LogP contribution in [0.1, 0.15) is 44.4 Å². The average Bonchev–Trinajstić information content (AvgIpc) is 2.93. The lowest BCUT2D eigenvalue weighted by Gasteiger charge is -2.28. The SMILES string of the molecule is CC(C(=O)N1CCCN(C(=O)c2ccccc2F)CC1)N1C(=O)c2ccccc2C1=O. The predicted octanol–water partition coefficient (Wildman–Crippen LogP) is 2.18. The van der Waals surface area contributed by atoms with E-state index in [-0.39, 0.29) is 24.6 Å². The summed E-state index contributed by atoms with van der Waals surface area (Å²) < 4.78 is 14.0. The summed E-state index contributed by atoms with van der Waals surface area (Å²) in [7, 11) is 0. The van der Waals surface area contributed by atoms with Gasteiger partial charge in [0.25, 0.3) is 17.7 Å². The van der Waals surface area contributed by atoms with Crippen LogP contribution in [-0.2, 0) is 4.79 Å². The second kappa shape index (κ2) is 8.29. The van der Waals surface area contributed by atoms with E-state index >= 15 is 0 Å². The summed E-state index contributed by atoms with van der Waals surface area (Å²) in [5.41, 5.74) is 0.594. The molecule has 4 amide bonds. The first-order valence-electron chi connectivity index (χ1n) is 10.2. The first-order chi connectivity index (χ1) is 14.9. The van der Waals surface area contributed by atoms with Crippen LogP contribution in [0.15, 0.2) is 48.5 Å². The third-order valence-corrected chi connectivity index (χ3v) is 5.77. The lowest BCUT2D eigenvalue weighted by Crippen LogP contribution is -2.50. The third kappa shape index (κ3) is 3.69. The Morgan fingerprint density at radius 3 is 2.03 bits per heavy atom. The van der Waals surface area contributed by atoms with Gasteiger partial charge in [-0.3, -0.25) is 24.1 Å². The van der Waals surface area contributed by atoms with Crippen molar-refractivity contribution in [1.29, 1.82) is 0 Å². The fourth-order valence-corrected chi connectivity index (χ4v) is 4.08. The second-order valence-corrected chi connectivity index (χ2v) is 7.65. The van der Waals surface area contributed by atoms with E-state index < -0.39 is 29.6 Å². The van der Waals surface area contributed by atoms with E-state index in [1.165, 1.54) is 30.0 Å². The van der Waals surface area contributed by atoms with Crippen LogP contribution in [-0.4, -0.2) is 70.5 Å². The molecule has 1 atom stereocenters. The van der Waals surface area contributed by atoms with E-state index in [0.29, 0.717) is 30.6 Å². The number of amides is 4. The minimum absolute atomic E-state index is 0.00155. The maximum atomic E-state index is 14.0. The molecule has 0 aromatic heterocycles. The summed E-state index contributed by atoms with van der Waals surface area (Å²) in [6, 6.07) is 11.4. The maximum Gasteiger partial charge on any atom is 0.262 e. The molecular weight excluding hydrogens is 401 g/mol. The minimum Gasteiger partial charge on any atom is -0.339 e. The Kier molecular flexibility index (Phi) is 5.54. The molecule has 2 aliphatic rings. The van der Waals surface area contributed by atoms with E-state index in [2.05, 4.69) is 0 Å². The number of imide groups is 1. The molecule has 0 radical (unpaired) electrons. The molecule has 0 saturated carbocycles. The quantitative estimate of drug-likeness (QED) is 0.709. The Labute approximate surface area is 179 Å². The molecule has 1 fully saturated rings. The van der Waals surface area contributed by atoms with Crippen molar-refractivity contribution in [3.63, 3.8) is 0 Å². The number of nitrogens with zero attached hydrogens (tertiary/aromatic N) is 3. The van der Waals surface area contributed by atoms with Gasteiger partial charge in [0.1, 0.15) is 11.9 Å². The van der Waals surface area contributed by atoms with Gasteiger partial charge in [0.15, 0.2) is 0 Å². The molecule has 0 N–H and O–H groups in total. The van der Waals surface area contributed by atoms with E-state index in [0.717, 1.165) is 4.90 Å². The lowest BCUT2D eigenvalue weighted by atomic mass is 10.1. The number of fused-ring (bicyclic) bond motifs is 1. The highest BCUT2D eigenvalue weighted by Gasteiger charge is 2.42. The Morgan fingerprint density at radius 1 is 0.839 bits per heavy atom. The van der Waals surface area contributed by atoms with Gasteiger partial charge in [0.2, 0.25) is 5.91 Å². The number of halogens is 1. The molecule has 4 rings (SSSR count). The van der Waals surface area contributed by atoms with Gasteiger partial charge in [-0.25, -0.2) is 4.39 Å². The lowest BCUT2D eigenvalue weighted by molar-refractivity contribution is -0.134. The van der Waals surface area contributed by atoms with Crippen molar-refractivity contribution < 1.29 is 23.6 Å². The average molecular weight is 423 g/mol. The first-order valence-corrected chi connectivity index (χ1v) is 10.2. The fraction of sp³-hybridized carbons (Fsp3) is 0.304. The number of rotatable bonds is 3. The predicted molar refractivity (Wildman–Crippen MR) is 110 cm³/mol. The highest BCUT2D eigenvalue weighted by molar-refractivity contribution is 6.22. The Hall–Kier alpha value is -3.55. The van der Waals surface area contributed by atoms with Crippen LogP contribution in [0.3, 0.4) is 0 Å². The molecule has 160 valence electrons. The van der Waals surface area contributed by atoms with Crippen LogP contribution in [0.25, 0.3) is 0 Å². The minimum atomic E-state index is -0.957. The van der Waals surface area contributed by atoms with E-state index in [1.807, 2.05) is 0 Å². The Morgan fingerprint density at radius 2 is 1.39 bits per heavy atom.